The van der Waals surface area contributed by atoms with E-state index in [-0.39, 0.29) is 17.7 Å². The Morgan fingerprint density at radius 1 is 1.00 bits per heavy atom. The zero-order valence-corrected chi connectivity index (χ0v) is 16.2. The number of nitrogens with one attached hydrogen (secondary N) is 2. The molecule has 2 rings (SSSR count). The predicted octanol–water partition coefficient (Wildman–Crippen LogP) is 2.83. The van der Waals surface area contributed by atoms with Crippen LogP contribution in [-0.2, 0) is 9.53 Å². The van der Waals surface area contributed by atoms with Gasteiger partial charge in [0.1, 0.15) is 5.75 Å². The molecule has 0 aromatic heterocycles. The lowest BCUT2D eigenvalue weighted by molar-refractivity contribution is -0.123. The van der Waals surface area contributed by atoms with Crippen LogP contribution < -0.4 is 15.6 Å². The highest BCUT2D eigenvalue weighted by atomic mass is 16.5. The fraction of sp³-hybridized carbons (Fsp3) is 0.286. The molecule has 2 aromatic carbocycles. The summed E-state index contributed by atoms with van der Waals surface area (Å²) in [6.45, 7) is 4.03. The van der Waals surface area contributed by atoms with E-state index in [2.05, 4.69) is 29.4 Å². The molecule has 0 aliphatic rings. The van der Waals surface area contributed by atoms with Crippen LogP contribution in [-0.4, -0.2) is 31.5 Å². The molecular weight excluding hydrogens is 360 g/mol. The van der Waals surface area contributed by atoms with Crippen LogP contribution in [0.2, 0.25) is 0 Å². The summed E-state index contributed by atoms with van der Waals surface area (Å²) in [5.41, 5.74) is 6.22. The quantitative estimate of drug-likeness (QED) is 0.566. The standard InChI is InChI=1S/C21H24N2O5/c1-4-14(2)15-8-10-18(11-9-15)28-13-19(24)22-23-20(25)16-6-5-7-17(12-16)21(26)27-3/h5-12,14H,4,13H2,1-3H3,(H,22,24)(H,23,25). The summed E-state index contributed by atoms with van der Waals surface area (Å²) in [5, 5.41) is 0. The Bertz CT molecular complexity index is 833. The molecule has 28 heavy (non-hydrogen) atoms. The summed E-state index contributed by atoms with van der Waals surface area (Å²) in [7, 11) is 1.26. The first-order valence-electron chi connectivity index (χ1n) is 8.95. The number of ether oxygens (including phenoxy) is 2. The Hall–Kier alpha value is -3.35. The van der Waals surface area contributed by atoms with Crippen molar-refractivity contribution in [2.75, 3.05) is 13.7 Å². The van der Waals surface area contributed by atoms with Gasteiger partial charge in [0.15, 0.2) is 6.61 Å². The number of rotatable bonds is 7. The average Bonchev–Trinajstić information content (AvgIpc) is 2.75. The van der Waals surface area contributed by atoms with E-state index >= 15 is 0 Å². The third kappa shape index (κ3) is 5.84. The van der Waals surface area contributed by atoms with Crippen molar-refractivity contribution in [2.45, 2.75) is 26.2 Å². The first-order valence-corrected chi connectivity index (χ1v) is 8.95. The fourth-order valence-electron chi connectivity index (χ4n) is 2.42. The van der Waals surface area contributed by atoms with E-state index in [4.69, 9.17) is 4.74 Å². The van der Waals surface area contributed by atoms with Gasteiger partial charge < -0.3 is 9.47 Å². The summed E-state index contributed by atoms with van der Waals surface area (Å²) < 4.78 is 10.0. The molecule has 0 spiro atoms. The number of carbonyl (C=O) groups is 3. The topological polar surface area (TPSA) is 93.7 Å². The second kappa shape index (κ2) is 10.1. The van der Waals surface area contributed by atoms with Gasteiger partial charge >= 0.3 is 5.97 Å². The van der Waals surface area contributed by atoms with Crippen molar-refractivity contribution >= 4 is 17.8 Å². The van der Waals surface area contributed by atoms with E-state index in [0.717, 1.165) is 6.42 Å². The molecule has 7 nitrogen and oxygen atoms in total. The van der Waals surface area contributed by atoms with Gasteiger partial charge in [0.2, 0.25) is 0 Å². The van der Waals surface area contributed by atoms with Crippen molar-refractivity contribution in [1.29, 1.82) is 0 Å². The summed E-state index contributed by atoms with van der Waals surface area (Å²) in [6, 6.07) is 13.5. The SMILES string of the molecule is CCC(C)c1ccc(OCC(=O)NNC(=O)c2cccc(C(=O)OC)c2)cc1. The van der Waals surface area contributed by atoms with E-state index < -0.39 is 17.8 Å². The molecule has 2 N–H and O–H groups in total. The van der Waals surface area contributed by atoms with E-state index in [0.29, 0.717) is 11.7 Å². The van der Waals surface area contributed by atoms with Gasteiger partial charge in [-0.25, -0.2) is 4.79 Å². The molecule has 148 valence electrons. The molecular formula is C21H24N2O5. The second-order valence-corrected chi connectivity index (χ2v) is 6.24. The molecule has 1 atom stereocenters. The largest absolute Gasteiger partial charge is 0.484 e. The van der Waals surface area contributed by atoms with Gasteiger partial charge in [0.25, 0.3) is 11.8 Å². The minimum absolute atomic E-state index is 0.213. The summed E-state index contributed by atoms with van der Waals surface area (Å²) in [6.07, 6.45) is 1.05. The first kappa shape index (κ1) is 21.0. The van der Waals surface area contributed by atoms with Crippen molar-refractivity contribution in [3.05, 3.63) is 65.2 Å². The number of hydrogen-bond donors (Lipinski definition) is 2. The lowest BCUT2D eigenvalue weighted by Gasteiger charge is -2.11. The molecule has 0 saturated carbocycles. The zero-order chi connectivity index (χ0) is 20.5. The minimum atomic E-state index is -0.558. The normalized spacial score (nSPS) is 11.2. The van der Waals surface area contributed by atoms with Gasteiger partial charge in [-0.2, -0.15) is 0 Å². The Morgan fingerprint density at radius 2 is 1.68 bits per heavy atom. The van der Waals surface area contributed by atoms with E-state index in [9.17, 15) is 14.4 Å². The van der Waals surface area contributed by atoms with Crippen LogP contribution in [0.4, 0.5) is 0 Å². The number of hydrogen-bond acceptors (Lipinski definition) is 5. The highest BCUT2D eigenvalue weighted by molar-refractivity contribution is 5.98. The van der Waals surface area contributed by atoms with Crippen LogP contribution in [0, 0.1) is 0 Å². The Labute approximate surface area is 164 Å². The van der Waals surface area contributed by atoms with E-state index in [1.165, 1.54) is 30.9 Å². The number of hydrazine groups is 1. The maximum Gasteiger partial charge on any atom is 0.337 e. The molecule has 0 fully saturated rings. The van der Waals surface area contributed by atoms with Crippen LogP contribution in [0.25, 0.3) is 0 Å². The molecule has 0 heterocycles. The lowest BCUT2D eigenvalue weighted by Crippen LogP contribution is -2.43. The van der Waals surface area contributed by atoms with Crippen molar-refractivity contribution < 1.29 is 23.9 Å². The molecule has 0 aliphatic heterocycles. The third-order valence-corrected chi connectivity index (χ3v) is 4.29. The van der Waals surface area contributed by atoms with Gasteiger partial charge in [-0.3, -0.25) is 20.4 Å². The minimum Gasteiger partial charge on any atom is -0.484 e. The first-order chi connectivity index (χ1) is 13.4. The summed E-state index contributed by atoms with van der Waals surface area (Å²) >= 11 is 0. The van der Waals surface area contributed by atoms with Gasteiger partial charge in [-0.1, -0.05) is 32.0 Å². The summed E-state index contributed by atoms with van der Waals surface area (Å²) in [4.78, 5) is 35.5. The summed E-state index contributed by atoms with van der Waals surface area (Å²) in [5.74, 6) is -0.587. The van der Waals surface area contributed by atoms with E-state index in [1.54, 1.807) is 6.07 Å². The predicted molar refractivity (Wildman–Crippen MR) is 104 cm³/mol. The Balaban J connectivity index is 1.82. The number of esters is 1. The molecule has 0 bridgehead atoms. The van der Waals surface area contributed by atoms with Crippen LogP contribution in [0.15, 0.2) is 48.5 Å². The lowest BCUT2D eigenvalue weighted by atomic mass is 9.99. The van der Waals surface area contributed by atoms with Crippen molar-refractivity contribution in [3.63, 3.8) is 0 Å². The number of amides is 2. The van der Waals surface area contributed by atoms with Crippen LogP contribution >= 0.6 is 0 Å². The van der Waals surface area contributed by atoms with Gasteiger partial charge in [-0.05, 0) is 48.2 Å². The average molecular weight is 384 g/mol. The third-order valence-electron chi connectivity index (χ3n) is 4.29. The maximum atomic E-state index is 12.1. The number of carbonyl (C=O) groups excluding carboxylic acids is 3. The molecule has 7 heteroatoms. The molecule has 2 amide bonds. The second-order valence-electron chi connectivity index (χ2n) is 6.24. The highest BCUT2D eigenvalue weighted by Gasteiger charge is 2.12. The number of methoxy groups -OCH3 is 1. The molecule has 0 saturated heterocycles. The zero-order valence-electron chi connectivity index (χ0n) is 16.2. The van der Waals surface area contributed by atoms with Crippen molar-refractivity contribution in [1.82, 2.24) is 10.9 Å². The maximum absolute atomic E-state index is 12.1. The fourth-order valence-corrected chi connectivity index (χ4v) is 2.42. The monoisotopic (exact) mass is 384 g/mol. The smallest absolute Gasteiger partial charge is 0.337 e. The molecule has 0 radical (unpaired) electrons. The van der Waals surface area contributed by atoms with Crippen molar-refractivity contribution in [3.8, 4) is 5.75 Å². The van der Waals surface area contributed by atoms with Crippen LogP contribution in [0.1, 0.15) is 52.5 Å². The van der Waals surface area contributed by atoms with E-state index in [1.807, 2.05) is 24.3 Å². The Morgan fingerprint density at radius 3 is 2.32 bits per heavy atom. The molecule has 2 aromatic rings. The highest BCUT2D eigenvalue weighted by Crippen LogP contribution is 2.21. The van der Waals surface area contributed by atoms with Gasteiger partial charge in [0, 0.05) is 5.56 Å². The van der Waals surface area contributed by atoms with Crippen LogP contribution in [0.3, 0.4) is 0 Å². The molecule has 1 unspecified atom stereocenters. The van der Waals surface area contributed by atoms with Crippen LogP contribution in [0.5, 0.6) is 5.75 Å². The molecule has 0 aliphatic carbocycles. The van der Waals surface area contributed by atoms with Gasteiger partial charge in [0.05, 0.1) is 12.7 Å². The number of benzene rings is 2. The Kier molecular flexibility index (Phi) is 7.56. The van der Waals surface area contributed by atoms with Crippen molar-refractivity contribution in [2.24, 2.45) is 0 Å². The van der Waals surface area contributed by atoms with Gasteiger partial charge in [-0.15, -0.1) is 0 Å².